The summed E-state index contributed by atoms with van der Waals surface area (Å²) in [5, 5.41) is 9.37. The van der Waals surface area contributed by atoms with Crippen molar-refractivity contribution >= 4 is 5.78 Å². The summed E-state index contributed by atoms with van der Waals surface area (Å²) in [6, 6.07) is 1.89. The summed E-state index contributed by atoms with van der Waals surface area (Å²) in [4.78, 5) is 12.5. The van der Waals surface area contributed by atoms with E-state index in [9.17, 15) is 9.90 Å². The molecule has 1 saturated carbocycles. The number of Topliss-reactive ketones (excluding diaryl/α,β-unsaturated/α-hetero) is 1. The number of carbonyl (C=O) groups is 1. The second kappa shape index (κ2) is 4.39. The average Bonchev–Trinajstić information content (AvgIpc) is 3.14. The minimum absolute atomic E-state index is 0.0462. The fourth-order valence-corrected chi connectivity index (χ4v) is 2.50. The molecule has 3 nitrogen and oxygen atoms in total. The Balaban J connectivity index is 2.50. The summed E-state index contributed by atoms with van der Waals surface area (Å²) in [7, 11) is 1.65. The van der Waals surface area contributed by atoms with E-state index in [-0.39, 0.29) is 12.4 Å². The van der Waals surface area contributed by atoms with Gasteiger partial charge in [-0.3, -0.25) is 4.79 Å². The van der Waals surface area contributed by atoms with E-state index in [4.69, 9.17) is 4.74 Å². The summed E-state index contributed by atoms with van der Waals surface area (Å²) in [5.74, 6) is 0.925. The first-order chi connectivity index (χ1) is 8.46. The van der Waals surface area contributed by atoms with Gasteiger partial charge >= 0.3 is 0 Å². The fraction of sp³-hybridized carbons (Fsp3) is 0.533. The predicted octanol–water partition coefficient (Wildman–Crippen LogP) is 2.58. The molecule has 0 aromatic heterocycles. The van der Waals surface area contributed by atoms with E-state index in [1.165, 1.54) is 0 Å². The number of methoxy groups -OCH3 is 1. The maximum absolute atomic E-state index is 12.5. The third kappa shape index (κ3) is 1.83. The molecule has 1 fully saturated rings. The van der Waals surface area contributed by atoms with E-state index in [1.54, 1.807) is 7.11 Å². The quantitative estimate of drug-likeness (QED) is 0.833. The van der Waals surface area contributed by atoms with Crippen LogP contribution in [0, 0.1) is 26.2 Å². The molecule has 0 aliphatic heterocycles. The molecule has 1 aromatic carbocycles. The number of aliphatic hydroxyl groups excluding tert-OH is 1. The van der Waals surface area contributed by atoms with Crippen molar-refractivity contribution in [3.05, 3.63) is 28.3 Å². The molecule has 0 radical (unpaired) electrons. The van der Waals surface area contributed by atoms with Crippen molar-refractivity contribution in [1.82, 2.24) is 0 Å². The van der Waals surface area contributed by atoms with Crippen LogP contribution in [0.3, 0.4) is 0 Å². The Morgan fingerprint density at radius 2 is 1.94 bits per heavy atom. The van der Waals surface area contributed by atoms with E-state index in [1.807, 2.05) is 26.8 Å². The first-order valence-electron chi connectivity index (χ1n) is 6.27. The van der Waals surface area contributed by atoms with E-state index in [0.717, 1.165) is 40.8 Å². The summed E-state index contributed by atoms with van der Waals surface area (Å²) >= 11 is 0. The number of carbonyl (C=O) groups excluding carboxylic acids is 1. The van der Waals surface area contributed by atoms with Crippen molar-refractivity contribution in [1.29, 1.82) is 0 Å². The van der Waals surface area contributed by atoms with Gasteiger partial charge in [-0.2, -0.15) is 0 Å². The van der Waals surface area contributed by atoms with Crippen molar-refractivity contribution in [2.45, 2.75) is 33.6 Å². The predicted molar refractivity (Wildman–Crippen MR) is 70.3 cm³/mol. The van der Waals surface area contributed by atoms with Crippen LogP contribution in [0.2, 0.25) is 0 Å². The summed E-state index contributed by atoms with van der Waals surface area (Å²) in [6.45, 7) is 5.81. The van der Waals surface area contributed by atoms with Crippen molar-refractivity contribution in [2.75, 3.05) is 13.7 Å². The Bertz CT molecular complexity index is 499. The molecule has 3 heteroatoms. The number of hydrogen-bond donors (Lipinski definition) is 1. The van der Waals surface area contributed by atoms with Crippen LogP contribution < -0.4 is 4.74 Å². The largest absolute Gasteiger partial charge is 0.496 e. The zero-order valence-corrected chi connectivity index (χ0v) is 11.5. The molecule has 98 valence electrons. The second-order valence-electron chi connectivity index (χ2n) is 5.29. The number of ether oxygens (including phenoxy) is 1. The highest BCUT2D eigenvalue weighted by Gasteiger charge is 2.49. The molecule has 18 heavy (non-hydrogen) atoms. The van der Waals surface area contributed by atoms with Gasteiger partial charge in [0, 0.05) is 5.56 Å². The van der Waals surface area contributed by atoms with Crippen molar-refractivity contribution in [3.8, 4) is 5.75 Å². The zero-order chi connectivity index (χ0) is 13.5. The van der Waals surface area contributed by atoms with Crippen LogP contribution in [-0.4, -0.2) is 24.6 Å². The Labute approximate surface area is 108 Å². The highest BCUT2D eigenvalue weighted by atomic mass is 16.5. The van der Waals surface area contributed by atoms with E-state index < -0.39 is 5.41 Å². The molecule has 0 amide bonds. The van der Waals surface area contributed by atoms with E-state index in [0.29, 0.717) is 0 Å². The molecule has 1 aromatic rings. The number of aryl methyl sites for hydroxylation is 1. The Morgan fingerprint density at radius 3 is 2.39 bits per heavy atom. The topological polar surface area (TPSA) is 46.5 Å². The molecule has 1 aliphatic rings. The summed E-state index contributed by atoms with van der Waals surface area (Å²) in [6.07, 6.45) is 1.60. The lowest BCUT2D eigenvalue weighted by atomic mass is 9.89. The number of ketones is 1. The lowest BCUT2D eigenvalue weighted by molar-refractivity contribution is 0.0829. The van der Waals surface area contributed by atoms with Gasteiger partial charge in [-0.15, -0.1) is 0 Å². The van der Waals surface area contributed by atoms with Gasteiger partial charge in [0.05, 0.1) is 19.1 Å². The first-order valence-corrected chi connectivity index (χ1v) is 6.27. The highest BCUT2D eigenvalue weighted by Crippen LogP contribution is 2.48. The Kier molecular flexibility index (Phi) is 3.20. The molecule has 2 rings (SSSR count). The van der Waals surface area contributed by atoms with Gasteiger partial charge in [0.25, 0.3) is 0 Å². The van der Waals surface area contributed by atoms with Gasteiger partial charge in [-0.1, -0.05) is 0 Å². The third-order valence-corrected chi connectivity index (χ3v) is 4.11. The van der Waals surface area contributed by atoms with Crippen LogP contribution in [0.5, 0.6) is 5.75 Å². The number of hydrogen-bond acceptors (Lipinski definition) is 3. The highest BCUT2D eigenvalue weighted by molar-refractivity contribution is 6.04. The number of aliphatic hydroxyl groups is 1. The third-order valence-electron chi connectivity index (χ3n) is 4.11. The number of benzene rings is 1. The molecule has 0 atom stereocenters. The van der Waals surface area contributed by atoms with Crippen molar-refractivity contribution < 1.29 is 14.6 Å². The van der Waals surface area contributed by atoms with E-state index in [2.05, 4.69) is 0 Å². The summed E-state index contributed by atoms with van der Waals surface area (Å²) in [5.41, 5.74) is 3.17. The van der Waals surface area contributed by atoms with Gasteiger partial charge in [-0.05, 0) is 56.4 Å². The van der Waals surface area contributed by atoms with Gasteiger partial charge in [-0.25, -0.2) is 0 Å². The minimum atomic E-state index is -0.502. The van der Waals surface area contributed by atoms with Crippen LogP contribution in [-0.2, 0) is 0 Å². The molecule has 0 spiro atoms. The summed E-state index contributed by atoms with van der Waals surface area (Å²) < 4.78 is 5.36. The SMILES string of the molecule is COc1c(C)cc(C(=O)C2(CO)CC2)c(C)c1C. The lowest BCUT2D eigenvalue weighted by Gasteiger charge is -2.18. The van der Waals surface area contributed by atoms with Gasteiger partial charge in [0.1, 0.15) is 5.75 Å². The van der Waals surface area contributed by atoms with E-state index >= 15 is 0 Å². The Morgan fingerprint density at radius 1 is 1.33 bits per heavy atom. The molecule has 1 aliphatic carbocycles. The molecular weight excluding hydrogens is 228 g/mol. The normalized spacial score (nSPS) is 16.5. The molecule has 0 saturated heterocycles. The van der Waals surface area contributed by atoms with Crippen molar-refractivity contribution in [3.63, 3.8) is 0 Å². The average molecular weight is 248 g/mol. The first kappa shape index (κ1) is 13.1. The van der Waals surface area contributed by atoms with Crippen molar-refractivity contribution in [2.24, 2.45) is 5.41 Å². The lowest BCUT2D eigenvalue weighted by Crippen LogP contribution is -2.21. The second-order valence-corrected chi connectivity index (χ2v) is 5.29. The van der Waals surface area contributed by atoms with Gasteiger partial charge in [0.2, 0.25) is 0 Å². The standard InChI is InChI=1S/C15H20O3/c1-9-7-12(10(2)11(3)13(9)18-4)14(17)15(8-16)5-6-15/h7,16H,5-6,8H2,1-4H3. The molecule has 0 heterocycles. The maximum Gasteiger partial charge on any atom is 0.171 e. The minimum Gasteiger partial charge on any atom is -0.496 e. The monoisotopic (exact) mass is 248 g/mol. The smallest absolute Gasteiger partial charge is 0.171 e. The van der Waals surface area contributed by atoms with Crippen LogP contribution in [0.25, 0.3) is 0 Å². The fourth-order valence-electron chi connectivity index (χ4n) is 2.50. The maximum atomic E-state index is 12.5. The van der Waals surface area contributed by atoms with Crippen LogP contribution in [0.1, 0.15) is 39.9 Å². The molecule has 0 unspecified atom stereocenters. The molecular formula is C15H20O3. The van der Waals surface area contributed by atoms with Crippen LogP contribution >= 0.6 is 0 Å². The zero-order valence-electron chi connectivity index (χ0n) is 11.5. The van der Waals surface area contributed by atoms with Gasteiger partial charge in [0.15, 0.2) is 5.78 Å². The van der Waals surface area contributed by atoms with Crippen LogP contribution in [0.15, 0.2) is 6.07 Å². The molecule has 0 bridgehead atoms. The Hall–Kier alpha value is -1.35. The number of rotatable bonds is 4. The van der Waals surface area contributed by atoms with Crippen LogP contribution in [0.4, 0.5) is 0 Å². The van der Waals surface area contributed by atoms with Gasteiger partial charge < -0.3 is 9.84 Å². The molecule has 1 N–H and O–H groups in total.